The van der Waals surface area contributed by atoms with Gasteiger partial charge in [-0.25, -0.2) is 0 Å². The first-order chi connectivity index (χ1) is 14.1. The van der Waals surface area contributed by atoms with Gasteiger partial charge in [0.1, 0.15) is 0 Å². The van der Waals surface area contributed by atoms with Crippen molar-refractivity contribution in [2.45, 2.75) is 97.8 Å². The van der Waals surface area contributed by atoms with Crippen molar-refractivity contribution >= 4 is 33.8 Å². The first-order valence-corrected chi connectivity index (χ1v) is 13.3. The summed E-state index contributed by atoms with van der Waals surface area (Å²) >= 11 is 2.71. The number of rotatable bonds is 13. The molecule has 0 aromatic heterocycles. The van der Waals surface area contributed by atoms with Crippen molar-refractivity contribution in [3.05, 3.63) is 33.1 Å². The second-order valence-electron chi connectivity index (χ2n) is 8.84. The zero-order valence-electron chi connectivity index (χ0n) is 18.4. The number of unbranched alkanes of at least 4 members (excludes halogenated alkanes) is 6. The third kappa shape index (κ3) is 4.95. The van der Waals surface area contributed by atoms with E-state index < -0.39 is 0 Å². The maximum atomic E-state index is 12.3. The number of fused-ring (bicyclic) bond motifs is 2. The summed E-state index contributed by atoms with van der Waals surface area (Å²) in [5.41, 5.74) is 2.39. The van der Waals surface area contributed by atoms with Gasteiger partial charge in [-0.15, -0.1) is 0 Å². The Morgan fingerprint density at radius 3 is 1.90 bits per heavy atom. The molecule has 1 unspecified atom stereocenters. The van der Waals surface area contributed by atoms with Crippen molar-refractivity contribution in [1.82, 2.24) is 0 Å². The van der Waals surface area contributed by atoms with Gasteiger partial charge in [0.25, 0.3) is 0 Å². The summed E-state index contributed by atoms with van der Waals surface area (Å²) in [6.45, 7) is 6.82. The topological polar surface area (TPSA) is 34.1 Å². The maximum absolute atomic E-state index is 12.3. The van der Waals surface area contributed by atoms with Gasteiger partial charge in [0.15, 0.2) is 0 Å². The molecular weight excluding hydrogens is 396 g/mol. The van der Waals surface area contributed by atoms with Crippen LogP contribution >= 0.6 is 23.5 Å². The smallest absolute Gasteiger partial charge is 0.217 e. The molecule has 0 radical (unpaired) electrons. The highest BCUT2D eigenvalue weighted by atomic mass is 32.2. The average molecular weight is 433 g/mol. The van der Waals surface area contributed by atoms with Crippen LogP contribution in [0.5, 0.6) is 0 Å². The van der Waals surface area contributed by atoms with Gasteiger partial charge in [0.05, 0.1) is 0 Å². The fourth-order valence-electron chi connectivity index (χ4n) is 5.16. The molecule has 0 saturated heterocycles. The number of allylic oxidation sites excluding steroid dienone is 2. The average Bonchev–Trinajstić information content (AvgIpc) is 3.34. The van der Waals surface area contributed by atoms with Gasteiger partial charge in [0, 0.05) is 15.2 Å². The van der Waals surface area contributed by atoms with E-state index in [-0.39, 0.29) is 15.6 Å². The number of hydrogen-bond acceptors (Lipinski definition) is 4. The normalized spacial score (nSPS) is 20.8. The van der Waals surface area contributed by atoms with Gasteiger partial charge in [-0.1, -0.05) is 85.0 Å². The lowest BCUT2D eigenvalue weighted by Crippen LogP contribution is -2.26. The highest BCUT2D eigenvalue weighted by molar-refractivity contribution is 8.21. The first kappa shape index (κ1) is 22.9. The largest absolute Gasteiger partial charge is 0.282 e. The van der Waals surface area contributed by atoms with Crippen molar-refractivity contribution in [3.63, 3.8) is 0 Å². The third-order valence-electron chi connectivity index (χ3n) is 6.79. The quantitative estimate of drug-likeness (QED) is 0.276. The molecule has 4 heteroatoms. The van der Waals surface area contributed by atoms with Gasteiger partial charge in [-0.05, 0) is 65.6 Å². The summed E-state index contributed by atoms with van der Waals surface area (Å²) in [5.74, 6) is 0.652. The van der Waals surface area contributed by atoms with Crippen molar-refractivity contribution in [2.75, 3.05) is 0 Å². The monoisotopic (exact) mass is 432 g/mol. The van der Waals surface area contributed by atoms with Gasteiger partial charge in [-0.2, -0.15) is 0 Å². The van der Waals surface area contributed by atoms with E-state index in [0.717, 1.165) is 22.7 Å². The van der Waals surface area contributed by atoms with Gasteiger partial charge in [0.2, 0.25) is 10.2 Å². The van der Waals surface area contributed by atoms with Crippen LogP contribution < -0.4 is 0 Å². The molecule has 2 nitrogen and oxygen atoms in total. The molecule has 1 aliphatic carbocycles. The summed E-state index contributed by atoms with van der Waals surface area (Å²) in [6.07, 6.45) is 18.5. The fraction of sp³-hybridized carbons (Fsp3) is 0.680. The lowest BCUT2D eigenvalue weighted by Gasteiger charge is -2.36. The molecule has 0 N–H and O–H groups in total. The molecule has 0 amide bonds. The maximum Gasteiger partial charge on any atom is 0.217 e. The SMILES string of the molecule is CCCCCCCCC1(CC(CC)CCCC)C2=CC(=O)SC2=C2SC(=O)C=C21. The predicted octanol–water partition coefficient (Wildman–Crippen LogP) is 7.95. The van der Waals surface area contributed by atoms with Crippen molar-refractivity contribution < 1.29 is 9.59 Å². The van der Waals surface area contributed by atoms with Crippen LogP contribution in [-0.4, -0.2) is 10.2 Å². The molecule has 3 aliphatic rings. The summed E-state index contributed by atoms with van der Waals surface area (Å²) in [6, 6.07) is 0. The van der Waals surface area contributed by atoms with Crippen LogP contribution in [0.25, 0.3) is 0 Å². The molecule has 0 bridgehead atoms. The van der Waals surface area contributed by atoms with Crippen LogP contribution in [-0.2, 0) is 9.59 Å². The molecule has 0 aromatic rings. The molecule has 0 saturated carbocycles. The Bertz CT molecular complexity index is 687. The van der Waals surface area contributed by atoms with E-state index in [1.54, 1.807) is 0 Å². The van der Waals surface area contributed by atoms with E-state index in [0.29, 0.717) is 5.92 Å². The molecular formula is C25H36O2S2. The molecule has 0 aromatic carbocycles. The van der Waals surface area contributed by atoms with E-state index in [9.17, 15) is 9.59 Å². The zero-order valence-corrected chi connectivity index (χ0v) is 20.0. The highest BCUT2D eigenvalue weighted by Gasteiger charge is 2.52. The molecule has 1 atom stereocenters. The minimum absolute atomic E-state index is 0.109. The van der Waals surface area contributed by atoms with Crippen LogP contribution in [0, 0.1) is 11.3 Å². The van der Waals surface area contributed by atoms with Crippen molar-refractivity contribution in [1.29, 1.82) is 0 Å². The van der Waals surface area contributed by atoms with Crippen LogP contribution in [0.15, 0.2) is 33.1 Å². The molecule has 0 spiro atoms. The summed E-state index contributed by atoms with van der Waals surface area (Å²) in [7, 11) is 0. The van der Waals surface area contributed by atoms with E-state index >= 15 is 0 Å². The Kier molecular flexibility index (Phi) is 8.32. The molecule has 3 rings (SSSR count). The Hall–Kier alpha value is -0.740. The van der Waals surface area contributed by atoms with Crippen molar-refractivity contribution in [3.8, 4) is 0 Å². The van der Waals surface area contributed by atoms with Crippen molar-refractivity contribution in [2.24, 2.45) is 11.3 Å². The fourth-order valence-corrected chi connectivity index (χ4v) is 7.30. The van der Waals surface area contributed by atoms with Crippen LogP contribution in [0.4, 0.5) is 0 Å². The minimum atomic E-state index is -0.109. The highest BCUT2D eigenvalue weighted by Crippen LogP contribution is 2.66. The van der Waals surface area contributed by atoms with Gasteiger partial charge < -0.3 is 0 Å². The summed E-state index contributed by atoms with van der Waals surface area (Å²) < 4.78 is 0. The molecule has 2 aliphatic heterocycles. The lowest BCUT2D eigenvalue weighted by molar-refractivity contribution is -0.107. The Morgan fingerprint density at radius 2 is 1.34 bits per heavy atom. The molecule has 2 heterocycles. The van der Waals surface area contributed by atoms with E-state index in [2.05, 4.69) is 20.8 Å². The molecule has 29 heavy (non-hydrogen) atoms. The Morgan fingerprint density at radius 1 is 0.793 bits per heavy atom. The predicted molar refractivity (Wildman–Crippen MR) is 127 cm³/mol. The lowest BCUT2D eigenvalue weighted by atomic mass is 9.67. The Balaban J connectivity index is 1.86. The standard InChI is InChI=1S/C25H36O2S2/c1-4-7-9-10-11-12-14-25(17-18(6-3)13-8-5-2)19-15-21(26)28-23(19)24-20(25)16-22(27)29-24/h15-16,18H,4-14,17H2,1-3H3. The van der Waals surface area contributed by atoms with Gasteiger partial charge >= 0.3 is 0 Å². The Labute approximate surface area is 185 Å². The number of hydrogen-bond donors (Lipinski definition) is 0. The first-order valence-electron chi connectivity index (χ1n) is 11.7. The minimum Gasteiger partial charge on any atom is -0.282 e. The number of carbonyl (C=O) groups is 2. The second kappa shape index (κ2) is 10.5. The summed E-state index contributed by atoms with van der Waals surface area (Å²) in [4.78, 5) is 26.9. The van der Waals surface area contributed by atoms with E-state index in [1.165, 1.54) is 98.9 Å². The van der Waals surface area contributed by atoms with E-state index in [1.807, 2.05) is 12.2 Å². The third-order valence-corrected chi connectivity index (χ3v) is 8.82. The second-order valence-corrected chi connectivity index (χ2v) is 10.9. The number of thioether (sulfide) groups is 2. The molecule has 160 valence electrons. The zero-order chi connectivity index (χ0) is 20.9. The summed E-state index contributed by atoms with van der Waals surface area (Å²) in [5, 5.41) is 0.297. The van der Waals surface area contributed by atoms with E-state index in [4.69, 9.17) is 0 Å². The van der Waals surface area contributed by atoms with Crippen LogP contribution in [0.3, 0.4) is 0 Å². The van der Waals surface area contributed by atoms with Crippen LogP contribution in [0.1, 0.15) is 97.8 Å². The molecule has 0 fully saturated rings. The van der Waals surface area contributed by atoms with Gasteiger partial charge in [-0.3, -0.25) is 9.59 Å². The van der Waals surface area contributed by atoms with Crippen LogP contribution in [0.2, 0.25) is 0 Å². The number of carbonyl (C=O) groups excluding carboxylic acids is 2.